The van der Waals surface area contributed by atoms with Gasteiger partial charge in [0.25, 0.3) is 0 Å². The van der Waals surface area contributed by atoms with Gasteiger partial charge in [0.05, 0.1) is 22.0 Å². The number of nitrogens with zero attached hydrogens (tertiary/aromatic N) is 2. The van der Waals surface area contributed by atoms with Crippen LogP contribution in [0.3, 0.4) is 0 Å². The smallest absolute Gasteiger partial charge is 0.233 e. The highest BCUT2D eigenvalue weighted by atomic mass is 32.2. The normalized spacial score (nSPS) is 19.2. The van der Waals surface area contributed by atoms with Crippen molar-refractivity contribution in [3.8, 4) is 0 Å². The molecule has 0 saturated carbocycles. The Kier molecular flexibility index (Phi) is 3.75. The van der Waals surface area contributed by atoms with Crippen molar-refractivity contribution in [1.29, 1.82) is 0 Å². The van der Waals surface area contributed by atoms with Crippen LogP contribution in [0.15, 0.2) is 24.3 Å². The van der Waals surface area contributed by atoms with Gasteiger partial charge in [0.15, 0.2) is 0 Å². The molecule has 3 nitrogen and oxygen atoms in total. The quantitative estimate of drug-likeness (QED) is 0.870. The van der Waals surface area contributed by atoms with Crippen molar-refractivity contribution in [1.82, 2.24) is 9.88 Å². The summed E-state index contributed by atoms with van der Waals surface area (Å²) in [6, 6.07) is 8.38. The number of thiazole rings is 1. The van der Waals surface area contributed by atoms with Crippen LogP contribution in [0.5, 0.6) is 0 Å². The molecule has 0 aliphatic carbocycles. The highest BCUT2D eigenvalue weighted by Gasteiger charge is 2.31. The molecule has 0 bridgehead atoms. The van der Waals surface area contributed by atoms with Crippen molar-refractivity contribution in [2.75, 3.05) is 18.6 Å². The second-order valence-corrected chi connectivity index (χ2v) is 6.63. The first-order chi connectivity index (χ1) is 9.29. The Morgan fingerprint density at radius 1 is 1.53 bits per heavy atom. The van der Waals surface area contributed by atoms with Gasteiger partial charge in [-0.3, -0.25) is 4.79 Å². The van der Waals surface area contributed by atoms with Gasteiger partial charge >= 0.3 is 0 Å². The predicted molar refractivity (Wildman–Crippen MR) is 81.7 cm³/mol. The zero-order valence-corrected chi connectivity index (χ0v) is 12.5. The molecule has 5 heteroatoms. The predicted octanol–water partition coefficient (Wildman–Crippen LogP) is 3.32. The summed E-state index contributed by atoms with van der Waals surface area (Å²) in [5, 5.41) is 1.09. The van der Waals surface area contributed by atoms with E-state index in [-0.39, 0.29) is 11.9 Å². The molecule has 1 aromatic heterocycles. The number of benzene rings is 1. The van der Waals surface area contributed by atoms with Gasteiger partial charge in [-0.15, -0.1) is 11.3 Å². The lowest BCUT2D eigenvalue weighted by atomic mass is 10.2. The number of hydrogen-bond donors (Lipinski definition) is 0. The minimum atomic E-state index is 0.192. The summed E-state index contributed by atoms with van der Waals surface area (Å²) >= 11 is 3.31. The van der Waals surface area contributed by atoms with E-state index in [4.69, 9.17) is 4.98 Å². The number of aromatic nitrogens is 1. The molecule has 100 valence electrons. The Labute approximate surface area is 121 Å². The summed E-state index contributed by atoms with van der Waals surface area (Å²) in [6.07, 6.45) is 4.10. The molecule has 19 heavy (non-hydrogen) atoms. The van der Waals surface area contributed by atoms with Crippen molar-refractivity contribution in [2.24, 2.45) is 0 Å². The second kappa shape index (κ2) is 5.51. The zero-order chi connectivity index (χ0) is 13.2. The molecule has 0 N–H and O–H groups in total. The first kappa shape index (κ1) is 12.9. The fraction of sp³-hybridized carbons (Fsp3) is 0.429. The fourth-order valence-electron chi connectivity index (χ4n) is 2.56. The third-order valence-corrected chi connectivity index (χ3v) is 5.11. The average molecular weight is 292 g/mol. The van der Waals surface area contributed by atoms with E-state index < -0.39 is 0 Å². The van der Waals surface area contributed by atoms with Gasteiger partial charge in [-0.1, -0.05) is 12.1 Å². The Morgan fingerprint density at radius 2 is 2.37 bits per heavy atom. The minimum Gasteiger partial charge on any atom is -0.333 e. The number of thioether (sulfide) groups is 1. The molecule has 1 aliphatic heterocycles. The van der Waals surface area contributed by atoms with Crippen LogP contribution in [0.2, 0.25) is 0 Å². The Morgan fingerprint density at radius 3 is 3.16 bits per heavy atom. The van der Waals surface area contributed by atoms with Crippen molar-refractivity contribution >= 4 is 39.2 Å². The third kappa shape index (κ3) is 2.49. The van der Waals surface area contributed by atoms with E-state index in [0.29, 0.717) is 5.75 Å². The van der Waals surface area contributed by atoms with E-state index in [1.165, 1.54) is 4.70 Å². The minimum absolute atomic E-state index is 0.192. The molecular weight excluding hydrogens is 276 g/mol. The molecule has 1 atom stereocenters. The molecule has 1 aliphatic rings. The molecule has 1 fully saturated rings. The van der Waals surface area contributed by atoms with Crippen molar-refractivity contribution < 1.29 is 4.79 Å². The van der Waals surface area contributed by atoms with Gasteiger partial charge in [0.1, 0.15) is 5.01 Å². The summed E-state index contributed by atoms with van der Waals surface area (Å²) < 4.78 is 1.21. The van der Waals surface area contributed by atoms with Crippen LogP contribution in [0.1, 0.15) is 23.9 Å². The number of carbonyl (C=O) groups is 1. The van der Waals surface area contributed by atoms with Gasteiger partial charge in [0, 0.05) is 6.54 Å². The standard InChI is InChI=1S/C14H16N2OS2/c1-18-9-13(17)16-8-4-6-11(16)14-15-10-5-2-3-7-12(10)19-14/h2-3,5,7,11H,4,6,8-9H2,1H3. The van der Waals surface area contributed by atoms with E-state index in [9.17, 15) is 4.79 Å². The number of rotatable bonds is 3. The number of fused-ring (bicyclic) bond motifs is 1. The largest absolute Gasteiger partial charge is 0.333 e. The molecule has 2 aromatic rings. The van der Waals surface area contributed by atoms with E-state index >= 15 is 0 Å². The van der Waals surface area contributed by atoms with E-state index in [0.717, 1.165) is 29.9 Å². The molecule has 0 radical (unpaired) electrons. The first-order valence-electron chi connectivity index (χ1n) is 6.43. The number of hydrogen-bond acceptors (Lipinski definition) is 4. The molecule has 2 heterocycles. The molecule has 1 aromatic carbocycles. The number of amides is 1. The molecular formula is C14H16N2OS2. The topological polar surface area (TPSA) is 33.2 Å². The number of likely N-dealkylation sites (tertiary alicyclic amines) is 1. The SMILES string of the molecule is CSCC(=O)N1CCCC1c1nc2ccccc2s1. The monoisotopic (exact) mass is 292 g/mol. The van der Waals surface area contributed by atoms with Gasteiger partial charge in [0.2, 0.25) is 5.91 Å². The van der Waals surface area contributed by atoms with Crippen molar-refractivity contribution in [3.05, 3.63) is 29.3 Å². The first-order valence-corrected chi connectivity index (χ1v) is 8.64. The summed E-state index contributed by atoms with van der Waals surface area (Å²) in [4.78, 5) is 18.8. The summed E-state index contributed by atoms with van der Waals surface area (Å²) in [7, 11) is 0. The van der Waals surface area contributed by atoms with Crippen LogP contribution < -0.4 is 0 Å². The zero-order valence-electron chi connectivity index (χ0n) is 10.8. The van der Waals surface area contributed by atoms with E-state index in [1.54, 1.807) is 23.1 Å². The number of carbonyl (C=O) groups excluding carboxylic acids is 1. The maximum atomic E-state index is 12.1. The van der Waals surface area contributed by atoms with Crippen LogP contribution in [-0.2, 0) is 4.79 Å². The average Bonchev–Trinajstić information content (AvgIpc) is 3.05. The lowest BCUT2D eigenvalue weighted by molar-refractivity contribution is -0.129. The Hall–Kier alpha value is -1.07. The van der Waals surface area contributed by atoms with Gasteiger partial charge in [-0.05, 0) is 31.2 Å². The van der Waals surface area contributed by atoms with Crippen LogP contribution in [-0.4, -0.2) is 34.3 Å². The molecule has 1 unspecified atom stereocenters. The highest BCUT2D eigenvalue weighted by Crippen LogP contribution is 2.36. The van der Waals surface area contributed by atoms with Crippen molar-refractivity contribution in [3.63, 3.8) is 0 Å². The van der Waals surface area contributed by atoms with Crippen molar-refractivity contribution in [2.45, 2.75) is 18.9 Å². The maximum Gasteiger partial charge on any atom is 0.233 e. The number of para-hydroxylation sites is 1. The Bertz CT molecular complexity index is 563. The van der Waals surface area contributed by atoms with Crippen LogP contribution in [0.25, 0.3) is 10.2 Å². The Balaban J connectivity index is 1.89. The van der Waals surface area contributed by atoms with Gasteiger partial charge in [-0.2, -0.15) is 11.8 Å². The van der Waals surface area contributed by atoms with Crippen LogP contribution >= 0.6 is 23.1 Å². The third-order valence-electron chi connectivity index (χ3n) is 3.44. The lowest BCUT2D eigenvalue weighted by Gasteiger charge is -2.22. The summed E-state index contributed by atoms with van der Waals surface area (Å²) in [6.45, 7) is 0.875. The molecule has 3 rings (SSSR count). The molecule has 1 saturated heterocycles. The van der Waals surface area contributed by atoms with Crippen LogP contribution in [0, 0.1) is 0 Å². The molecule has 1 amide bonds. The van der Waals surface area contributed by atoms with Gasteiger partial charge in [-0.25, -0.2) is 4.98 Å². The second-order valence-electron chi connectivity index (χ2n) is 4.70. The fourth-order valence-corrected chi connectivity index (χ4v) is 4.09. The maximum absolute atomic E-state index is 12.1. The lowest BCUT2D eigenvalue weighted by Crippen LogP contribution is -2.31. The summed E-state index contributed by atoms with van der Waals surface area (Å²) in [5.41, 5.74) is 1.05. The van der Waals surface area contributed by atoms with Crippen LogP contribution in [0.4, 0.5) is 0 Å². The summed E-state index contributed by atoms with van der Waals surface area (Å²) in [5.74, 6) is 0.816. The van der Waals surface area contributed by atoms with Gasteiger partial charge < -0.3 is 4.90 Å². The van der Waals surface area contributed by atoms with E-state index in [2.05, 4.69) is 6.07 Å². The highest BCUT2D eigenvalue weighted by molar-refractivity contribution is 7.99. The van der Waals surface area contributed by atoms with E-state index in [1.807, 2.05) is 29.4 Å². The molecule has 0 spiro atoms.